The second kappa shape index (κ2) is 4.18. The first-order valence-electron chi connectivity index (χ1n) is 6.85. The molecule has 0 amide bonds. The van der Waals surface area contributed by atoms with E-state index >= 15 is 0 Å². The van der Waals surface area contributed by atoms with Gasteiger partial charge in [-0.2, -0.15) is 0 Å². The first kappa shape index (κ1) is 12.2. The number of halogens is 1. The predicted molar refractivity (Wildman–Crippen MR) is 74.3 cm³/mol. The summed E-state index contributed by atoms with van der Waals surface area (Å²) >= 11 is 4.25. The fourth-order valence-electron chi connectivity index (χ4n) is 4.40. The number of hydrogen-bond donors (Lipinski definition) is 0. The van der Waals surface area contributed by atoms with Crippen LogP contribution in [0.1, 0.15) is 46.5 Å². The van der Waals surface area contributed by atoms with E-state index in [9.17, 15) is 0 Å². The summed E-state index contributed by atoms with van der Waals surface area (Å²) < 4.78 is 0.661. The van der Waals surface area contributed by atoms with E-state index in [1.54, 1.807) is 0 Å². The molecule has 2 heteroatoms. The van der Waals surface area contributed by atoms with Crippen LogP contribution in [0.3, 0.4) is 0 Å². The molecular formula is C13H25BrSi. The Morgan fingerprint density at radius 2 is 1.40 bits per heavy atom. The highest BCUT2D eigenvalue weighted by atomic mass is 79.9. The van der Waals surface area contributed by atoms with Crippen molar-refractivity contribution in [2.24, 2.45) is 11.8 Å². The second-order valence-corrected chi connectivity index (χ2v) is 13.2. The molecule has 3 atom stereocenters. The highest BCUT2D eigenvalue weighted by Crippen LogP contribution is 2.69. The third-order valence-corrected chi connectivity index (χ3v) is 15.7. The van der Waals surface area contributed by atoms with Crippen LogP contribution < -0.4 is 0 Å². The molecule has 0 aromatic carbocycles. The van der Waals surface area contributed by atoms with Crippen molar-refractivity contribution in [1.82, 2.24) is 0 Å². The van der Waals surface area contributed by atoms with E-state index in [2.05, 4.69) is 36.7 Å². The summed E-state index contributed by atoms with van der Waals surface area (Å²) in [5, 5.41) is 0. The smallest absolute Gasteiger partial charge is 0.0725 e. The molecular weight excluding hydrogens is 264 g/mol. The van der Waals surface area contributed by atoms with Gasteiger partial charge in [-0.1, -0.05) is 67.7 Å². The molecule has 2 aliphatic carbocycles. The number of alkyl halides is 1. The summed E-state index contributed by atoms with van der Waals surface area (Å²) in [6.45, 7) is 7.35. The quantitative estimate of drug-likeness (QED) is 0.505. The van der Waals surface area contributed by atoms with Gasteiger partial charge in [-0.3, -0.25) is 0 Å². The molecule has 0 aromatic heterocycles. The first-order chi connectivity index (χ1) is 7.16. The molecule has 0 saturated heterocycles. The Balaban J connectivity index is 2.21. The standard InChI is InChI=1S/C13H25BrSi/c1-4-15(5-2,6-3)13(14)11-9-7-8-10-12(11)13/h11-12H,4-10H2,1-3H3/t11-,12+,13?. The van der Waals surface area contributed by atoms with Gasteiger partial charge in [0.05, 0.1) is 8.07 Å². The lowest BCUT2D eigenvalue weighted by molar-refractivity contribution is 0.480. The fourth-order valence-corrected chi connectivity index (χ4v) is 13.2. The Labute approximate surface area is 104 Å². The molecule has 2 fully saturated rings. The van der Waals surface area contributed by atoms with Crippen LogP contribution in [0.2, 0.25) is 18.1 Å². The van der Waals surface area contributed by atoms with Crippen molar-refractivity contribution in [3.63, 3.8) is 0 Å². The molecule has 2 rings (SSSR count). The highest BCUT2D eigenvalue weighted by Gasteiger charge is 2.70. The average molecular weight is 289 g/mol. The van der Waals surface area contributed by atoms with Gasteiger partial charge >= 0.3 is 0 Å². The molecule has 0 aliphatic heterocycles. The molecule has 15 heavy (non-hydrogen) atoms. The summed E-state index contributed by atoms with van der Waals surface area (Å²) in [4.78, 5) is 0. The summed E-state index contributed by atoms with van der Waals surface area (Å²) in [5.74, 6) is 2.13. The highest BCUT2D eigenvalue weighted by molar-refractivity contribution is 9.10. The zero-order valence-corrected chi connectivity index (χ0v) is 13.1. The number of rotatable bonds is 4. The van der Waals surface area contributed by atoms with Gasteiger partial charge in [-0.05, 0) is 24.7 Å². The summed E-state index contributed by atoms with van der Waals surface area (Å²) in [6, 6.07) is 4.45. The van der Waals surface area contributed by atoms with Crippen molar-refractivity contribution in [1.29, 1.82) is 0 Å². The maximum Gasteiger partial charge on any atom is 0.0725 e. The molecule has 0 nitrogen and oxygen atoms in total. The molecule has 88 valence electrons. The Kier molecular flexibility index (Phi) is 3.39. The lowest BCUT2D eigenvalue weighted by Crippen LogP contribution is -2.46. The van der Waals surface area contributed by atoms with E-state index in [-0.39, 0.29) is 0 Å². The van der Waals surface area contributed by atoms with Crippen molar-refractivity contribution >= 4 is 24.0 Å². The van der Waals surface area contributed by atoms with Crippen LogP contribution in [0, 0.1) is 11.8 Å². The van der Waals surface area contributed by atoms with Crippen LogP contribution in [-0.4, -0.2) is 12.0 Å². The van der Waals surface area contributed by atoms with E-state index in [0.717, 1.165) is 11.8 Å². The molecule has 0 bridgehead atoms. The van der Waals surface area contributed by atoms with Crippen LogP contribution in [0.5, 0.6) is 0 Å². The normalized spacial score (nSPS) is 40.0. The summed E-state index contributed by atoms with van der Waals surface area (Å²) in [7, 11) is -1.02. The molecule has 0 radical (unpaired) electrons. The largest absolute Gasteiger partial charge is 0.0882 e. The Morgan fingerprint density at radius 3 is 1.73 bits per heavy atom. The van der Waals surface area contributed by atoms with E-state index < -0.39 is 8.07 Å². The van der Waals surface area contributed by atoms with Gasteiger partial charge in [-0.25, -0.2) is 0 Å². The maximum atomic E-state index is 4.25. The van der Waals surface area contributed by atoms with Crippen LogP contribution in [0.4, 0.5) is 0 Å². The number of hydrogen-bond acceptors (Lipinski definition) is 0. The minimum atomic E-state index is -1.02. The Morgan fingerprint density at radius 1 is 1.00 bits per heavy atom. The fraction of sp³-hybridized carbons (Fsp3) is 1.00. The van der Waals surface area contributed by atoms with Crippen molar-refractivity contribution < 1.29 is 0 Å². The van der Waals surface area contributed by atoms with Crippen molar-refractivity contribution in [2.75, 3.05) is 0 Å². The Bertz CT molecular complexity index is 214. The molecule has 0 N–H and O–H groups in total. The van der Waals surface area contributed by atoms with Crippen LogP contribution in [0.15, 0.2) is 0 Å². The van der Waals surface area contributed by atoms with Gasteiger partial charge in [0.25, 0.3) is 0 Å². The van der Waals surface area contributed by atoms with Gasteiger partial charge in [0, 0.05) is 3.95 Å². The van der Waals surface area contributed by atoms with E-state index in [4.69, 9.17) is 0 Å². The molecule has 2 aliphatic rings. The van der Waals surface area contributed by atoms with E-state index in [1.165, 1.54) is 43.8 Å². The van der Waals surface area contributed by atoms with Gasteiger partial charge < -0.3 is 0 Å². The van der Waals surface area contributed by atoms with Crippen molar-refractivity contribution in [2.45, 2.75) is 68.5 Å². The third-order valence-electron chi connectivity index (χ3n) is 5.58. The van der Waals surface area contributed by atoms with Crippen molar-refractivity contribution in [3.05, 3.63) is 0 Å². The minimum absolute atomic E-state index is 0.661. The molecule has 0 aromatic rings. The molecule has 1 unspecified atom stereocenters. The Hall–Kier alpha value is 0.697. The lowest BCUT2D eigenvalue weighted by Gasteiger charge is -2.35. The predicted octanol–water partition coefficient (Wildman–Crippen LogP) is 4.99. The topological polar surface area (TPSA) is 0 Å². The van der Waals surface area contributed by atoms with Gasteiger partial charge in [-0.15, -0.1) is 0 Å². The first-order valence-corrected chi connectivity index (χ1v) is 10.3. The van der Waals surface area contributed by atoms with Crippen LogP contribution in [-0.2, 0) is 0 Å². The van der Waals surface area contributed by atoms with E-state index in [1.807, 2.05) is 0 Å². The average Bonchev–Trinajstić information content (AvgIpc) is 2.91. The van der Waals surface area contributed by atoms with Crippen molar-refractivity contribution in [3.8, 4) is 0 Å². The zero-order chi connectivity index (χ0) is 11.1. The maximum absolute atomic E-state index is 4.25. The van der Waals surface area contributed by atoms with Crippen LogP contribution in [0.25, 0.3) is 0 Å². The summed E-state index contributed by atoms with van der Waals surface area (Å²) in [6.07, 6.45) is 6.03. The molecule has 0 heterocycles. The molecule has 2 saturated carbocycles. The molecule has 0 spiro atoms. The SMILES string of the molecule is CC[Si](CC)(CC)C1(Br)[C@@H]2CCCC[C@@H]21. The second-order valence-electron chi connectivity index (χ2n) is 5.61. The van der Waals surface area contributed by atoms with Gasteiger partial charge in [0.15, 0.2) is 0 Å². The van der Waals surface area contributed by atoms with Gasteiger partial charge in [0.1, 0.15) is 0 Å². The minimum Gasteiger partial charge on any atom is -0.0882 e. The van der Waals surface area contributed by atoms with Crippen LogP contribution >= 0.6 is 15.9 Å². The zero-order valence-electron chi connectivity index (χ0n) is 10.5. The van der Waals surface area contributed by atoms with Gasteiger partial charge in [0.2, 0.25) is 0 Å². The van der Waals surface area contributed by atoms with E-state index in [0.29, 0.717) is 3.95 Å². The lowest BCUT2D eigenvalue weighted by atomic mass is 10.0. The number of fused-ring (bicyclic) bond motifs is 1. The summed E-state index contributed by atoms with van der Waals surface area (Å²) in [5.41, 5.74) is 0. The monoisotopic (exact) mass is 288 g/mol. The third kappa shape index (κ3) is 1.50.